The lowest BCUT2D eigenvalue weighted by Crippen LogP contribution is -2.24. The Labute approximate surface area is 137 Å². The van der Waals surface area contributed by atoms with Crippen molar-refractivity contribution >= 4 is 29.1 Å². The summed E-state index contributed by atoms with van der Waals surface area (Å²) in [7, 11) is 0. The Morgan fingerprint density at radius 1 is 1.29 bits per heavy atom. The summed E-state index contributed by atoms with van der Waals surface area (Å²) in [6.45, 7) is 3.08. The Morgan fingerprint density at radius 3 is 2.50 bits per heavy atom. The molecule has 24 heavy (non-hydrogen) atoms. The molecule has 10 nitrogen and oxygen atoms in total. The van der Waals surface area contributed by atoms with Gasteiger partial charge in [0.05, 0.1) is 19.4 Å². The number of H-pyrrole nitrogens is 1. The third-order valence-electron chi connectivity index (χ3n) is 3.34. The molecular weight excluding hydrogens is 318 g/mol. The number of anilines is 1. The molecule has 0 spiro atoms. The molecule has 0 aromatic carbocycles. The number of ether oxygens (including phenoxy) is 2. The topological polar surface area (TPSA) is 142 Å². The van der Waals surface area contributed by atoms with Crippen LogP contribution in [0.1, 0.15) is 20.3 Å². The van der Waals surface area contributed by atoms with Crippen LogP contribution in [0.25, 0.3) is 11.2 Å². The minimum atomic E-state index is -0.424. The number of aromatic nitrogens is 4. The van der Waals surface area contributed by atoms with Crippen LogP contribution in [0.2, 0.25) is 0 Å². The number of carbonyl (C=O) groups excluding carboxylic acids is 2. The number of imidazole rings is 1. The van der Waals surface area contributed by atoms with E-state index < -0.39 is 11.9 Å². The zero-order chi connectivity index (χ0) is 17.7. The molecule has 0 aliphatic heterocycles. The van der Waals surface area contributed by atoms with Gasteiger partial charge in [-0.3, -0.25) is 14.2 Å². The van der Waals surface area contributed by atoms with Crippen molar-refractivity contribution in [2.24, 2.45) is 5.92 Å². The first-order chi connectivity index (χ1) is 11.4. The van der Waals surface area contributed by atoms with Crippen molar-refractivity contribution in [1.29, 1.82) is 0 Å². The van der Waals surface area contributed by atoms with Crippen LogP contribution in [0.15, 0.2) is 11.0 Å². The quantitative estimate of drug-likeness (QED) is 0.663. The van der Waals surface area contributed by atoms with Crippen molar-refractivity contribution in [2.45, 2.75) is 26.8 Å². The first-order valence-electron chi connectivity index (χ1n) is 7.34. The first-order valence-corrected chi connectivity index (χ1v) is 7.34. The minimum Gasteiger partial charge on any atom is -0.465 e. The average molecular weight is 337 g/mol. The maximum Gasteiger partial charge on any atom is 0.327 e. The second-order valence-electron chi connectivity index (χ2n) is 5.31. The number of nitrogens with one attached hydrogen (secondary N) is 1. The second kappa shape index (κ2) is 7.57. The number of carbonyl (C=O) groups is 2. The summed E-state index contributed by atoms with van der Waals surface area (Å²) in [4.78, 5) is 44.5. The largest absolute Gasteiger partial charge is 0.465 e. The number of hydrogen-bond donors (Lipinski definition) is 2. The molecule has 2 rings (SSSR count). The third-order valence-corrected chi connectivity index (χ3v) is 3.34. The lowest BCUT2D eigenvalue weighted by atomic mass is 10.1. The minimum absolute atomic E-state index is 0.0617. The van der Waals surface area contributed by atoms with Crippen LogP contribution in [0.5, 0.6) is 0 Å². The lowest BCUT2D eigenvalue weighted by Gasteiger charge is -2.16. The summed E-state index contributed by atoms with van der Waals surface area (Å²) in [5.41, 5.74) is 6.08. The van der Waals surface area contributed by atoms with Crippen molar-refractivity contribution in [2.75, 3.05) is 18.9 Å². The number of rotatable bonds is 7. The Hall–Kier alpha value is -2.91. The molecule has 0 saturated heterocycles. The van der Waals surface area contributed by atoms with Crippen molar-refractivity contribution < 1.29 is 19.1 Å². The van der Waals surface area contributed by atoms with E-state index in [1.807, 2.05) is 0 Å². The van der Waals surface area contributed by atoms with E-state index in [4.69, 9.17) is 15.2 Å². The fourth-order valence-electron chi connectivity index (χ4n) is 2.16. The van der Waals surface area contributed by atoms with Gasteiger partial charge < -0.3 is 20.2 Å². The molecule has 0 atom stereocenters. The molecule has 2 aromatic rings. The number of aromatic amines is 1. The molecule has 0 aliphatic carbocycles. The van der Waals surface area contributed by atoms with Gasteiger partial charge in [-0.05, 0) is 6.42 Å². The van der Waals surface area contributed by atoms with Gasteiger partial charge in [-0.15, -0.1) is 0 Å². The molecule has 130 valence electrons. The summed E-state index contributed by atoms with van der Waals surface area (Å²) in [5, 5.41) is 0. The number of fused-ring (bicyclic) bond motifs is 1. The summed E-state index contributed by atoms with van der Waals surface area (Å²) in [5.74, 6) is -1.03. The van der Waals surface area contributed by atoms with E-state index >= 15 is 0 Å². The molecule has 3 N–H and O–H groups in total. The van der Waals surface area contributed by atoms with Gasteiger partial charge in [-0.1, -0.05) is 0 Å². The SMILES string of the molecule is CC(=O)OCC(CCn1c(=O)[nH]c2cnc(N)nc21)COC(C)=O. The van der Waals surface area contributed by atoms with Gasteiger partial charge in [-0.2, -0.15) is 4.98 Å². The molecule has 0 aliphatic rings. The van der Waals surface area contributed by atoms with Crippen LogP contribution >= 0.6 is 0 Å². The van der Waals surface area contributed by atoms with E-state index in [1.54, 1.807) is 0 Å². The number of esters is 2. The predicted octanol–water partition coefficient (Wildman–Crippen LogP) is -0.166. The monoisotopic (exact) mass is 337 g/mol. The highest BCUT2D eigenvalue weighted by Crippen LogP contribution is 2.11. The summed E-state index contributed by atoms with van der Waals surface area (Å²) >= 11 is 0. The van der Waals surface area contributed by atoms with Gasteiger partial charge in [0.15, 0.2) is 5.65 Å². The van der Waals surface area contributed by atoms with Gasteiger partial charge in [-0.25, -0.2) is 9.78 Å². The highest BCUT2D eigenvalue weighted by atomic mass is 16.5. The first kappa shape index (κ1) is 17.4. The maximum atomic E-state index is 12.0. The van der Waals surface area contributed by atoms with E-state index in [0.717, 1.165) is 0 Å². The van der Waals surface area contributed by atoms with E-state index in [0.29, 0.717) is 24.1 Å². The molecular formula is C14H19N5O5. The van der Waals surface area contributed by atoms with E-state index in [-0.39, 0.29) is 30.8 Å². The van der Waals surface area contributed by atoms with Crippen LogP contribution in [0.3, 0.4) is 0 Å². The summed E-state index contributed by atoms with van der Waals surface area (Å²) in [6, 6.07) is 0. The van der Waals surface area contributed by atoms with Gasteiger partial charge in [0.1, 0.15) is 5.52 Å². The van der Waals surface area contributed by atoms with Gasteiger partial charge in [0.25, 0.3) is 0 Å². The van der Waals surface area contributed by atoms with Gasteiger partial charge >= 0.3 is 17.6 Å². The lowest BCUT2D eigenvalue weighted by molar-refractivity contribution is -0.146. The number of nitrogens with zero attached hydrogens (tertiary/aromatic N) is 3. The highest BCUT2D eigenvalue weighted by molar-refractivity contribution is 5.70. The summed E-state index contributed by atoms with van der Waals surface area (Å²) in [6.07, 6.45) is 1.88. The number of hydrogen-bond acceptors (Lipinski definition) is 8. The Kier molecular flexibility index (Phi) is 5.51. The van der Waals surface area contributed by atoms with Crippen molar-refractivity contribution in [3.05, 3.63) is 16.7 Å². The number of nitrogens with two attached hydrogens (primary N) is 1. The highest BCUT2D eigenvalue weighted by Gasteiger charge is 2.16. The van der Waals surface area contributed by atoms with Crippen LogP contribution in [0.4, 0.5) is 5.95 Å². The van der Waals surface area contributed by atoms with Crippen molar-refractivity contribution in [3.63, 3.8) is 0 Å². The molecule has 0 saturated carbocycles. The predicted molar refractivity (Wildman–Crippen MR) is 83.9 cm³/mol. The third kappa shape index (κ3) is 4.54. The molecule has 2 heterocycles. The van der Waals surface area contributed by atoms with Gasteiger partial charge in [0.2, 0.25) is 5.95 Å². The molecule has 0 radical (unpaired) electrons. The van der Waals surface area contributed by atoms with Crippen LogP contribution in [0, 0.1) is 5.92 Å². The van der Waals surface area contributed by atoms with Crippen molar-refractivity contribution in [1.82, 2.24) is 19.5 Å². The van der Waals surface area contributed by atoms with Gasteiger partial charge in [0, 0.05) is 26.3 Å². The Balaban J connectivity index is 2.11. The Bertz CT molecular complexity index is 778. The number of aryl methyl sites for hydroxylation is 1. The standard InChI is InChI=1S/C14H19N5O5/c1-8(20)23-6-10(7-24-9(2)21)3-4-19-12-11(17-14(19)22)5-16-13(15)18-12/h5,10H,3-4,6-7H2,1-2H3,(H,17,22)(H2,15,16,18). The zero-order valence-electron chi connectivity index (χ0n) is 13.4. The fourth-order valence-corrected chi connectivity index (χ4v) is 2.16. The molecule has 2 aromatic heterocycles. The zero-order valence-corrected chi connectivity index (χ0v) is 13.4. The van der Waals surface area contributed by atoms with Crippen LogP contribution < -0.4 is 11.4 Å². The van der Waals surface area contributed by atoms with E-state index in [1.165, 1.54) is 24.6 Å². The molecule has 0 fully saturated rings. The average Bonchev–Trinajstić information content (AvgIpc) is 2.81. The summed E-state index contributed by atoms with van der Waals surface area (Å²) < 4.78 is 11.4. The number of nitrogen functional groups attached to an aromatic ring is 1. The molecule has 0 unspecified atom stereocenters. The smallest absolute Gasteiger partial charge is 0.327 e. The van der Waals surface area contributed by atoms with E-state index in [9.17, 15) is 14.4 Å². The van der Waals surface area contributed by atoms with Crippen LogP contribution in [-0.4, -0.2) is 44.7 Å². The molecule has 0 bridgehead atoms. The molecule has 10 heteroatoms. The fraction of sp³-hybridized carbons (Fsp3) is 0.500. The molecule has 0 amide bonds. The second-order valence-corrected chi connectivity index (χ2v) is 5.31. The van der Waals surface area contributed by atoms with E-state index in [2.05, 4.69) is 15.0 Å². The Morgan fingerprint density at radius 2 is 1.92 bits per heavy atom. The van der Waals surface area contributed by atoms with Crippen LogP contribution in [-0.2, 0) is 25.6 Å². The normalized spacial score (nSPS) is 11.0. The van der Waals surface area contributed by atoms with Crippen molar-refractivity contribution in [3.8, 4) is 0 Å². The maximum absolute atomic E-state index is 12.0.